The second-order valence-electron chi connectivity index (χ2n) is 5.88. The molecule has 0 fully saturated rings. The molecule has 0 spiro atoms. The Morgan fingerprint density at radius 2 is 2.03 bits per heavy atom. The summed E-state index contributed by atoms with van der Waals surface area (Å²) in [6.45, 7) is 2.63. The number of rotatable bonds is 8. The number of hydrazone groups is 1. The van der Waals surface area contributed by atoms with Gasteiger partial charge in [-0.15, -0.1) is 0 Å². The molecule has 11 heteroatoms. The van der Waals surface area contributed by atoms with Crippen LogP contribution in [-0.4, -0.2) is 36.7 Å². The number of esters is 1. The number of nitro benzene ring substituents is 1. The SMILES string of the molecule is COc1c(OC(C)=O)ccc(/C=N/NC(=O)COc2ccc(Cl)c(C)c2)c1[N+](=O)[O-]. The third kappa shape index (κ3) is 5.92. The van der Waals surface area contributed by atoms with E-state index in [-0.39, 0.29) is 23.7 Å². The van der Waals surface area contributed by atoms with Crippen molar-refractivity contribution < 1.29 is 28.7 Å². The largest absolute Gasteiger partial charge is 0.488 e. The average Bonchev–Trinajstić information content (AvgIpc) is 2.68. The Morgan fingerprint density at radius 3 is 2.63 bits per heavy atom. The van der Waals surface area contributed by atoms with Gasteiger partial charge >= 0.3 is 11.7 Å². The predicted molar refractivity (Wildman–Crippen MR) is 108 cm³/mol. The Labute approximate surface area is 176 Å². The molecule has 0 atom stereocenters. The maximum absolute atomic E-state index is 11.9. The van der Waals surface area contributed by atoms with Crippen molar-refractivity contribution in [2.45, 2.75) is 13.8 Å². The summed E-state index contributed by atoms with van der Waals surface area (Å²) < 4.78 is 15.3. The Hall–Kier alpha value is -3.66. The Morgan fingerprint density at radius 1 is 1.30 bits per heavy atom. The lowest BCUT2D eigenvalue weighted by Crippen LogP contribution is -2.24. The molecule has 10 nitrogen and oxygen atoms in total. The van der Waals surface area contributed by atoms with Gasteiger partial charge in [-0.25, -0.2) is 5.43 Å². The molecule has 0 aromatic heterocycles. The van der Waals surface area contributed by atoms with Crippen LogP contribution in [0.3, 0.4) is 0 Å². The highest BCUT2D eigenvalue weighted by molar-refractivity contribution is 6.31. The summed E-state index contributed by atoms with van der Waals surface area (Å²) in [5.41, 5.74) is 2.57. The van der Waals surface area contributed by atoms with Crippen molar-refractivity contribution in [2.24, 2.45) is 5.10 Å². The molecule has 158 valence electrons. The maximum atomic E-state index is 11.9. The van der Waals surface area contributed by atoms with Gasteiger partial charge in [0.1, 0.15) is 5.75 Å². The maximum Gasteiger partial charge on any atom is 0.323 e. The fourth-order valence-electron chi connectivity index (χ4n) is 2.35. The number of hydrogen-bond donors (Lipinski definition) is 1. The number of nitrogens with one attached hydrogen (secondary N) is 1. The second-order valence-corrected chi connectivity index (χ2v) is 6.29. The number of nitro groups is 1. The molecule has 2 aromatic carbocycles. The van der Waals surface area contributed by atoms with Crippen molar-refractivity contribution in [3.8, 4) is 17.2 Å². The summed E-state index contributed by atoms with van der Waals surface area (Å²) in [5, 5.41) is 15.7. The van der Waals surface area contributed by atoms with Gasteiger partial charge in [0.2, 0.25) is 5.75 Å². The molecule has 0 aliphatic carbocycles. The second kappa shape index (κ2) is 10.2. The fourth-order valence-corrected chi connectivity index (χ4v) is 2.47. The normalized spacial score (nSPS) is 10.5. The Balaban J connectivity index is 2.09. The minimum atomic E-state index is -0.707. The van der Waals surface area contributed by atoms with Crippen LogP contribution in [0.2, 0.25) is 5.02 Å². The molecule has 2 rings (SSSR count). The third-order valence-electron chi connectivity index (χ3n) is 3.66. The third-order valence-corrected chi connectivity index (χ3v) is 4.08. The molecule has 0 aliphatic heterocycles. The van der Waals surface area contributed by atoms with Gasteiger partial charge in [-0.3, -0.25) is 19.7 Å². The van der Waals surface area contributed by atoms with Crippen LogP contribution in [0.25, 0.3) is 0 Å². The minimum Gasteiger partial charge on any atom is -0.488 e. The van der Waals surface area contributed by atoms with Crippen molar-refractivity contribution in [3.63, 3.8) is 0 Å². The first-order valence-corrected chi connectivity index (χ1v) is 8.85. The summed E-state index contributed by atoms with van der Waals surface area (Å²) in [5.74, 6) is -1.13. The zero-order valence-electron chi connectivity index (χ0n) is 16.3. The lowest BCUT2D eigenvalue weighted by atomic mass is 10.1. The molecule has 0 heterocycles. The monoisotopic (exact) mass is 435 g/mol. The van der Waals surface area contributed by atoms with Crippen LogP contribution >= 0.6 is 11.6 Å². The van der Waals surface area contributed by atoms with Gasteiger partial charge in [-0.05, 0) is 42.8 Å². The number of ether oxygens (including phenoxy) is 3. The topological polar surface area (TPSA) is 129 Å². The van der Waals surface area contributed by atoms with Gasteiger partial charge in [0.25, 0.3) is 5.91 Å². The molecule has 1 N–H and O–H groups in total. The number of halogens is 1. The van der Waals surface area contributed by atoms with Crippen LogP contribution in [-0.2, 0) is 9.59 Å². The molecule has 0 aliphatic rings. The quantitative estimate of drug-likeness (QED) is 0.222. The van der Waals surface area contributed by atoms with Gasteiger partial charge in [0.15, 0.2) is 12.4 Å². The molecular formula is C19H18ClN3O7. The van der Waals surface area contributed by atoms with Crippen LogP contribution in [0.4, 0.5) is 5.69 Å². The molecule has 0 radical (unpaired) electrons. The number of carbonyl (C=O) groups is 2. The van der Waals surface area contributed by atoms with E-state index in [4.69, 9.17) is 25.8 Å². The van der Waals surface area contributed by atoms with Gasteiger partial charge in [-0.1, -0.05) is 11.6 Å². The van der Waals surface area contributed by atoms with E-state index < -0.39 is 22.5 Å². The highest BCUT2D eigenvalue weighted by Gasteiger charge is 2.25. The Kier molecular flexibility index (Phi) is 7.70. The van der Waals surface area contributed by atoms with Crippen LogP contribution in [0, 0.1) is 17.0 Å². The Bertz CT molecular complexity index is 1010. The summed E-state index contributed by atoms with van der Waals surface area (Å²) in [6.07, 6.45) is 1.07. The number of nitrogens with zero attached hydrogens (tertiary/aromatic N) is 2. The smallest absolute Gasteiger partial charge is 0.323 e. The van der Waals surface area contributed by atoms with E-state index in [9.17, 15) is 19.7 Å². The van der Waals surface area contributed by atoms with E-state index in [1.54, 1.807) is 25.1 Å². The molecule has 2 aromatic rings. The van der Waals surface area contributed by atoms with Crippen molar-refractivity contribution >= 4 is 35.4 Å². The average molecular weight is 436 g/mol. The van der Waals surface area contributed by atoms with E-state index in [0.29, 0.717) is 10.8 Å². The minimum absolute atomic E-state index is 0.0299. The molecule has 1 amide bonds. The lowest BCUT2D eigenvalue weighted by Gasteiger charge is -2.09. The van der Waals surface area contributed by atoms with E-state index in [0.717, 1.165) is 18.7 Å². The molecule has 0 bridgehead atoms. The van der Waals surface area contributed by atoms with E-state index >= 15 is 0 Å². The van der Waals surface area contributed by atoms with Crippen molar-refractivity contribution in [3.05, 3.63) is 56.6 Å². The number of methoxy groups -OCH3 is 1. The highest BCUT2D eigenvalue weighted by Crippen LogP contribution is 2.39. The lowest BCUT2D eigenvalue weighted by molar-refractivity contribution is -0.385. The van der Waals surface area contributed by atoms with E-state index in [1.807, 2.05) is 0 Å². The molecule has 0 unspecified atom stereocenters. The van der Waals surface area contributed by atoms with E-state index in [1.165, 1.54) is 19.2 Å². The molecule has 30 heavy (non-hydrogen) atoms. The zero-order valence-corrected chi connectivity index (χ0v) is 17.1. The molecule has 0 saturated carbocycles. The number of hydrogen-bond acceptors (Lipinski definition) is 8. The first-order valence-electron chi connectivity index (χ1n) is 8.47. The highest BCUT2D eigenvalue weighted by atomic mass is 35.5. The van der Waals surface area contributed by atoms with Crippen LogP contribution in [0.5, 0.6) is 17.2 Å². The van der Waals surface area contributed by atoms with Crippen molar-refractivity contribution in [1.29, 1.82) is 0 Å². The van der Waals surface area contributed by atoms with Crippen LogP contribution < -0.4 is 19.6 Å². The summed E-state index contributed by atoms with van der Waals surface area (Å²) in [7, 11) is 1.20. The standard InChI is InChI=1S/C19H18ClN3O7/c1-11-8-14(5-6-15(11)20)29-10-17(25)22-21-9-13-4-7-16(30-12(2)24)19(28-3)18(13)23(26)27/h4-9H,10H2,1-3H3,(H,22,25)/b21-9+. The van der Waals surface area contributed by atoms with Crippen molar-refractivity contribution in [2.75, 3.05) is 13.7 Å². The van der Waals surface area contributed by atoms with Gasteiger partial charge in [0, 0.05) is 11.9 Å². The summed E-state index contributed by atoms with van der Waals surface area (Å²) in [6, 6.07) is 7.57. The summed E-state index contributed by atoms with van der Waals surface area (Å²) >= 11 is 5.93. The van der Waals surface area contributed by atoms with Crippen LogP contribution in [0.15, 0.2) is 35.4 Å². The van der Waals surface area contributed by atoms with Gasteiger partial charge in [-0.2, -0.15) is 5.10 Å². The van der Waals surface area contributed by atoms with Crippen LogP contribution in [0.1, 0.15) is 18.1 Å². The molecule has 0 saturated heterocycles. The van der Waals surface area contributed by atoms with Gasteiger partial charge < -0.3 is 14.2 Å². The number of carbonyl (C=O) groups excluding carboxylic acids is 2. The number of amides is 1. The summed E-state index contributed by atoms with van der Waals surface area (Å²) in [4.78, 5) is 33.8. The number of benzene rings is 2. The van der Waals surface area contributed by atoms with Gasteiger partial charge in [0.05, 0.1) is 23.8 Å². The van der Waals surface area contributed by atoms with Crippen molar-refractivity contribution in [1.82, 2.24) is 5.43 Å². The fraction of sp³-hybridized carbons (Fsp3) is 0.211. The predicted octanol–water partition coefficient (Wildman–Crippen LogP) is 3.02. The first-order chi connectivity index (χ1) is 14.2. The first kappa shape index (κ1) is 22.6. The van der Waals surface area contributed by atoms with E-state index in [2.05, 4.69) is 10.5 Å². The number of aryl methyl sites for hydroxylation is 1. The molecular weight excluding hydrogens is 418 g/mol. The zero-order chi connectivity index (χ0) is 22.3.